The molecule has 8 nitrogen and oxygen atoms in total. The van der Waals surface area contributed by atoms with Gasteiger partial charge < -0.3 is 19.6 Å². The SMILES string of the molecule is COc1cnccc1N1CCN(c2cnc(C(=O)O)cn2)CC1. The third-order valence-electron chi connectivity index (χ3n) is 3.78. The van der Waals surface area contributed by atoms with Crippen molar-refractivity contribution >= 4 is 17.5 Å². The van der Waals surface area contributed by atoms with E-state index in [1.54, 1.807) is 19.5 Å². The Morgan fingerprint density at radius 1 is 1.13 bits per heavy atom. The average Bonchev–Trinajstić information content (AvgIpc) is 2.62. The number of pyridine rings is 1. The maximum absolute atomic E-state index is 10.8. The Hall–Kier alpha value is -2.90. The summed E-state index contributed by atoms with van der Waals surface area (Å²) in [6.45, 7) is 3.16. The highest BCUT2D eigenvalue weighted by Crippen LogP contribution is 2.27. The molecule has 1 fully saturated rings. The van der Waals surface area contributed by atoms with E-state index in [0.29, 0.717) is 5.82 Å². The molecule has 120 valence electrons. The van der Waals surface area contributed by atoms with Crippen LogP contribution in [0.1, 0.15) is 10.5 Å². The van der Waals surface area contributed by atoms with Gasteiger partial charge in [-0.15, -0.1) is 0 Å². The first-order valence-electron chi connectivity index (χ1n) is 7.22. The van der Waals surface area contributed by atoms with Gasteiger partial charge in [0.2, 0.25) is 0 Å². The summed E-state index contributed by atoms with van der Waals surface area (Å²) in [6, 6.07) is 1.94. The molecule has 8 heteroatoms. The van der Waals surface area contributed by atoms with Gasteiger partial charge >= 0.3 is 5.97 Å². The summed E-state index contributed by atoms with van der Waals surface area (Å²) < 4.78 is 5.35. The molecule has 0 radical (unpaired) electrons. The van der Waals surface area contributed by atoms with Crippen molar-refractivity contribution in [3.8, 4) is 5.75 Å². The van der Waals surface area contributed by atoms with E-state index < -0.39 is 5.97 Å². The van der Waals surface area contributed by atoms with Crippen molar-refractivity contribution in [3.05, 3.63) is 36.5 Å². The zero-order chi connectivity index (χ0) is 16.2. The summed E-state index contributed by atoms with van der Waals surface area (Å²) >= 11 is 0. The van der Waals surface area contributed by atoms with Crippen LogP contribution in [0.2, 0.25) is 0 Å². The first-order chi connectivity index (χ1) is 11.2. The largest absolute Gasteiger partial charge is 0.493 e. The van der Waals surface area contributed by atoms with E-state index in [4.69, 9.17) is 9.84 Å². The first kappa shape index (κ1) is 15.0. The summed E-state index contributed by atoms with van der Waals surface area (Å²) in [5.74, 6) is 0.376. The minimum Gasteiger partial charge on any atom is -0.493 e. The summed E-state index contributed by atoms with van der Waals surface area (Å²) in [4.78, 5) is 27.3. The molecule has 0 aliphatic carbocycles. The molecular formula is C15H17N5O3. The predicted octanol–water partition coefficient (Wildman–Crippen LogP) is 0.905. The van der Waals surface area contributed by atoms with Crippen molar-refractivity contribution in [1.82, 2.24) is 15.0 Å². The monoisotopic (exact) mass is 315 g/mol. The van der Waals surface area contributed by atoms with Gasteiger partial charge in [0.05, 0.1) is 31.4 Å². The number of methoxy groups -OCH3 is 1. The van der Waals surface area contributed by atoms with Crippen molar-refractivity contribution in [2.75, 3.05) is 43.1 Å². The van der Waals surface area contributed by atoms with Gasteiger partial charge in [-0.2, -0.15) is 0 Å². The molecule has 2 aromatic rings. The van der Waals surface area contributed by atoms with Crippen LogP contribution in [0.4, 0.5) is 11.5 Å². The number of anilines is 2. The summed E-state index contributed by atoms with van der Waals surface area (Å²) in [7, 11) is 1.64. The second-order valence-electron chi connectivity index (χ2n) is 5.09. The lowest BCUT2D eigenvalue weighted by atomic mass is 10.2. The molecule has 1 aliphatic heterocycles. The standard InChI is InChI=1S/C15H17N5O3/c1-23-13-9-16-3-2-12(13)19-4-6-20(7-5-19)14-10-17-11(8-18-14)15(21)22/h2-3,8-10H,4-7H2,1H3,(H,21,22). The van der Waals surface area contributed by atoms with Gasteiger partial charge in [-0.25, -0.2) is 14.8 Å². The topological polar surface area (TPSA) is 91.7 Å². The fourth-order valence-corrected chi connectivity index (χ4v) is 2.56. The second-order valence-corrected chi connectivity index (χ2v) is 5.09. The molecule has 0 bridgehead atoms. The van der Waals surface area contributed by atoms with Crippen molar-refractivity contribution in [2.45, 2.75) is 0 Å². The van der Waals surface area contributed by atoms with E-state index in [9.17, 15) is 4.79 Å². The van der Waals surface area contributed by atoms with Gasteiger partial charge in [0.25, 0.3) is 0 Å². The van der Waals surface area contributed by atoms with Gasteiger partial charge in [-0.1, -0.05) is 0 Å². The molecular weight excluding hydrogens is 298 g/mol. The molecule has 0 aromatic carbocycles. The van der Waals surface area contributed by atoms with Gasteiger partial charge in [0, 0.05) is 32.4 Å². The van der Waals surface area contributed by atoms with Crippen LogP contribution in [0.5, 0.6) is 5.75 Å². The maximum Gasteiger partial charge on any atom is 0.356 e. The Morgan fingerprint density at radius 2 is 1.87 bits per heavy atom. The van der Waals surface area contributed by atoms with Crippen LogP contribution in [0, 0.1) is 0 Å². The van der Waals surface area contributed by atoms with Crippen LogP contribution in [0.25, 0.3) is 0 Å². The predicted molar refractivity (Wildman–Crippen MR) is 84.2 cm³/mol. The fourth-order valence-electron chi connectivity index (χ4n) is 2.56. The molecule has 0 atom stereocenters. The van der Waals surface area contributed by atoms with Crippen LogP contribution in [-0.2, 0) is 0 Å². The van der Waals surface area contributed by atoms with E-state index in [0.717, 1.165) is 37.6 Å². The molecule has 0 spiro atoms. The molecule has 3 heterocycles. The van der Waals surface area contributed by atoms with Crippen molar-refractivity contribution < 1.29 is 14.6 Å². The molecule has 2 aromatic heterocycles. The smallest absolute Gasteiger partial charge is 0.356 e. The molecule has 0 unspecified atom stereocenters. The highest BCUT2D eigenvalue weighted by molar-refractivity contribution is 5.84. The van der Waals surface area contributed by atoms with Crippen LogP contribution in [0.3, 0.4) is 0 Å². The summed E-state index contributed by atoms with van der Waals surface area (Å²) in [5, 5.41) is 8.86. The third-order valence-corrected chi connectivity index (χ3v) is 3.78. The van der Waals surface area contributed by atoms with E-state index in [1.165, 1.54) is 12.4 Å². The molecule has 1 N–H and O–H groups in total. The Bertz CT molecular complexity index is 684. The van der Waals surface area contributed by atoms with Crippen LogP contribution in [0.15, 0.2) is 30.9 Å². The number of ether oxygens (including phenoxy) is 1. The van der Waals surface area contributed by atoms with Gasteiger partial charge in [-0.05, 0) is 6.07 Å². The minimum absolute atomic E-state index is 0.0473. The first-order valence-corrected chi connectivity index (χ1v) is 7.22. The number of rotatable bonds is 4. The lowest BCUT2D eigenvalue weighted by Gasteiger charge is -2.36. The van der Waals surface area contributed by atoms with Crippen molar-refractivity contribution in [2.24, 2.45) is 0 Å². The number of hydrogen-bond donors (Lipinski definition) is 1. The van der Waals surface area contributed by atoms with Gasteiger partial charge in [0.1, 0.15) is 5.82 Å². The molecule has 23 heavy (non-hydrogen) atoms. The van der Waals surface area contributed by atoms with Crippen LogP contribution < -0.4 is 14.5 Å². The lowest BCUT2D eigenvalue weighted by molar-refractivity contribution is 0.0690. The Morgan fingerprint density at radius 3 is 2.48 bits per heavy atom. The Kier molecular flexibility index (Phi) is 4.22. The molecule has 3 rings (SSSR count). The summed E-state index contributed by atoms with van der Waals surface area (Å²) in [6.07, 6.45) is 6.25. The quantitative estimate of drug-likeness (QED) is 0.890. The number of hydrogen-bond acceptors (Lipinski definition) is 7. The maximum atomic E-state index is 10.8. The van der Waals surface area contributed by atoms with Crippen molar-refractivity contribution in [3.63, 3.8) is 0 Å². The number of nitrogens with zero attached hydrogens (tertiary/aromatic N) is 5. The van der Waals surface area contributed by atoms with E-state index >= 15 is 0 Å². The van der Waals surface area contributed by atoms with Crippen molar-refractivity contribution in [1.29, 1.82) is 0 Å². The van der Waals surface area contributed by atoms with Gasteiger partial charge in [-0.3, -0.25) is 4.98 Å². The molecule has 1 saturated heterocycles. The number of carboxylic acids is 1. The van der Waals surface area contributed by atoms with Crippen LogP contribution >= 0.6 is 0 Å². The fraction of sp³-hybridized carbons (Fsp3) is 0.333. The molecule has 1 aliphatic rings. The zero-order valence-corrected chi connectivity index (χ0v) is 12.7. The Labute approximate surface area is 133 Å². The van der Waals surface area contributed by atoms with Gasteiger partial charge in [0.15, 0.2) is 11.4 Å². The molecule has 0 amide bonds. The Balaban J connectivity index is 1.67. The van der Waals surface area contributed by atoms with E-state index in [-0.39, 0.29) is 5.69 Å². The highest BCUT2D eigenvalue weighted by Gasteiger charge is 2.21. The number of aromatic nitrogens is 3. The van der Waals surface area contributed by atoms with E-state index in [2.05, 4.69) is 24.8 Å². The second kappa shape index (κ2) is 6.47. The van der Waals surface area contributed by atoms with Crippen LogP contribution in [-0.4, -0.2) is 59.3 Å². The number of piperazine rings is 1. The zero-order valence-electron chi connectivity index (χ0n) is 12.7. The minimum atomic E-state index is -1.07. The molecule has 0 saturated carbocycles. The third kappa shape index (κ3) is 3.15. The lowest BCUT2D eigenvalue weighted by Crippen LogP contribution is -2.47. The summed E-state index contributed by atoms with van der Waals surface area (Å²) in [5.41, 5.74) is 0.975. The number of carbonyl (C=O) groups is 1. The average molecular weight is 315 g/mol. The van der Waals surface area contributed by atoms with E-state index in [1.807, 2.05) is 6.07 Å². The highest BCUT2D eigenvalue weighted by atomic mass is 16.5. The number of carboxylic acid groups (broad SMARTS) is 1. The number of aromatic carboxylic acids is 1. The normalized spacial score (nSPS) is 14.7.